The van der Waals surface area contributed by atoms with Crippen LogP contribution in [0, 0.1) is 5.92 Å². The maximum Gasteiger partial charge on any atom is 0.328 e. The lowest BCUT2D eigenvalue weighted by molar-refractivity contribution is -0.151. The SMILES string of the molecule is COc1ccc(COC(=O)[C@@H](c2ccccc2Cl)N2C[C@H](c3ccccc3)[C@@H](C=O)C2)cc1. The van der Waals surface area contributed by atoms with Crippen LogP contribution >= 0.6 is 11.6 Å². The van der Waals surface area contributed by atoms with E-state index in [1.165, 1.54) is 0 Å². The van der Waals surface area contributed by atoms with Crippen LogP contribution in [0.3, 0.4) is 0 Å². The van der Waals surface area contributed by atoms with Crippen LogP contribution in [0.2, 0.25) is 5.02 Å². The number of esters is 1. The van der Waals surface area contributed by atoms with Crippen molar-refractivity contribution < 1.29 is 19.1 Å². The maximum atomic E-state index is 13.4. The molecule has 1 saturated heterocycles. The first-order valence-electron chi connectivity index (χ1n) is 10.9. The number of methoxy groups -OCH3 is 1. The first kappa shape index (κ1) is 23.0. The van der Waals surface area contributed by atoms with Gasteiger partial charge in [-0.15, -0.1) is 0 Å². The third-order valence-corrected chi connectivity index (χ3v) is 6.47. The fraction of sp³-hybridized carbons (Fsp3) is 0.259. The number of benzene rings is 3. The molecule has 1 aliphatic rings. The molecule has 3 atom stereocenters. The van der Waals surface area contributed by atoms with E-state index in [-0.39, 0.29) is 18.4 Å². The molecule has 3 aromatic carbocycles. The molecule has 0 radical (unpaired) electrons. The van der Waals surface area contributed by atoms with Crippen LogP contribution in [-0.2, 0) is 20.9 Å². The second kappa shape index (κ2) is 10.6. The third-order valence-electron chi connectivity index (χ3n) is 6.12. The molecule has 33 heavy (non-hydrogen) atoms. The number of carbonyl (C=O) groups is 2. The van der Waals surface area contributed by atoms with Gasteiger partial charge in [0, 0.05) is 29.9 Å². The summed E-state index contributed by atoms with van der Waals surface area (Å²) in [6.07, 6.45) is 0.990. The number of likely N-dealkylation sites (tertiary alicyclic amines) is 1. The highest BCUT2D eigenvalue weighted by Gasteiger charge is 2.41. The zero-order chi connectivity index (χ0) is 23.2. The molecule has 0 amide bonds. The Hall–Kier alpha value is -3.15. The highest BCUT2D eigenvalue weighted by molar-refractivity contribution is 6.31. The number of halogens is 1. The Morgan fingerprint density at radius 3 is 2.39 bits per heavy atom. The Bertz CT molecular complexity index is 1090. The van der Waals surface area contributed by atoms with Crippen LogP contribution in [0.25, 0.3) is 0 Å². The van der Waals surface area contributed by atoms with Crippen molar-refractivity contribution in [3.8, 4) is 5.75 Å². The second-order valence-corrected chi connectivity index (χ2v) is 8.56. The Morgan fingerprint density at radius 2 is 1.73 bits per heavy atom. The zero-order valence-corrected chi connectivity index (χ0v) is 19.2. The summed E-state index contributed by atoms with van der Waals surface area (Å²) in [4.78, 5) is 27.3. The number of hydrogen-bond donors (Lipinski definition) is 0. The molecule has 0 bridgehead atoms. The zero-order valence-electron chi connectivity index (χ0n) is 18.4. The van der Waals surface area contributed by atoms with Crippen LogP contribution in [0.1, 0.15) is 28.7 Å². The van der Waals surface area contributed by atoms with Gasteiger partial charge in [0.25, 0.3) is 0 Å². The number of nitrogens with zero attached hydrogens (tertiary/aromatic N) is 1. The van der Waals surface area contributed by atoms with E-state index in [0.717, 1.165) is 23.2 Å². The summed E-state index contributed by atoms with van der Waals surface area (Å²) in [5.41, 5.74) is 2.62. The maximum absolute atomic E-state index is 13.4. The number of rotatable bonds is 8. The lowest BCUT2D eigenvalue weighted by atomic mass is 9.90. The fourth-order valence-electron chi connectivity index (χ4n) is 4.39. The molecular formula is C27H26ClNO4. The van der Waals surface area contributed by atoms with E-state index in [0.29, 0.717) is 23.7 Å². The van der Waals surface area contributed by atoms with Crippen molar-refractivity contribution in [1.82, 2.24) is 4.90 Å². The first-order chi connectivity index (χ1) is 16.1. The molecule has 5 nitrogen and oxygen atoms in total. The molecule has 0 saturated carbocycles. The minimum absolute atomic E-state index is 0.00285. The number of carbonyl (C=O) groups excluding carboxylic acids is 2. The normalized spacial score (nSPS) is 19.1. The van der Waals surface area contributed by atoms with Crippen molar-refractivity contribution in [3.63, 3.8) is 0 Å². The van der Waals surface area contributed by atoms with Crippen LogP contribution in [-0.4, -0.2) is 37.4 Å². The van der Waals surface area contributed by atoms with Gasteiger partial charge in [0.1, 0.15) is 24.7 Å². The average Bonchev–Trinajstić information content (AvgIpc) is 3.29. The smallest absolute Gasteiger partial charge is 0.328 e. The van der Waals surface area contributed by atoms with Crippen LogP contribution < -0.4 is 4.74 Å². The number of ether oxygens (including phenoxy) is 2. The van der Waals surface area contributed by atoms with Gasteiger partial charge in [0.15, 0.2) is 0 Å². The molecule has 6 heteroatoms. The van der Waals surface area contributed by atoms with Crippen molar-refractivity contribution in [2.45, 2.75) is 18.6 Å². The van der Waals surface area contributed by atoms with Gasteiger partial charge in [-0.05, 0) is 34.9 Å². The van der Waals surface area contributed by atoms with E-state index in [1.807, 2.05) is 77.7 Å². The Labute approximate surface area is 198 Å². The molecule has 0 spiro atoms. The van der Waals surface area contributed by atoms with Gasteiger partial charge in [0.05, 0.1) is 7.11 Å². The summed E-state index contributed by atoms with van der Waals surface area (Å²) in [7, 11) is 1.61. The van der Waals surface area contributed by atoms with Crippen LogP contribution in [0.4, 0.5) is 0 Å². The summed E-state index contributed by atoms with van der Waals surface area (Å²) >= 11 is 6.50. The van der Waals surface area contributed by atoms with Crippen LogP contribution in [0.15, 0.2) is 78.9 Å². The minimum Gasteiger partial charge on any atom is -0.497 e. The summed E-state index contributed by atoms with van der Waals surface area (Å²) in [6, 6.07) is 23.9. The molecule has 0 N–H and O–H groups in total. The quantitative estimate of drug-likeness (QED) is 0.345. The molecule has 1 fully saturated rings. The molecular weight excluding hydrogens is 438 g/mol. The van der Waals surface area contributed by atoms with Gasteiger partial charge in [-0.3, -0.25) is 4.90 Å². The van der Waals surface area contributed by atoms with E-state index in [2.05, 4.69) is 0 Å². The van der Waals surface area contributed by atoms with Crippen molar-refractivity contribution in [1.29, 1.82) is 0 Å². The van der Waals surface area contributed by atoms with Gasteiger partial charge in [0.2, 0.25) is 0 Å². The van der Waals surface area contributed by atoms with Gasteiger partial charge >= 0.3 is 5.97 Å². The van der Waals surface area contributed by atoms with Gasteiger partial charge < -0.3 is 14.3 Å². The molecule has 4 rings (SSSR count). The molecule has 1 heterocycles. The highest BCUT2D eigenvalue weighted by atomic mass is 35.5. The van der Waals surface area contributed by atoms with E-state index < -0.39 is 12.0 Å². The Balaban J connectivity index is 1.58. The van der Waals surface area contributed by atoms with E-state index in [4.69, 9.17) is 21.1 Å². The largest absolute Gasteiger partial charge is 0.497 e. The average molecular weight is 464 g/mol. The van der Waals surface area contributed by atoms with Gasteiger partial charge in [-0.2, -0.15) is 0 Å². The number of hydrogen-bond acceptors (Lipinski definition) is 5. The monoisotopic (exact) mass is 463 g/mol. The van der Waals surface area contributed by atoms with Crippen molar-refractivity contribution in [2.75, 3.05) is 20.2 Å². The van der Waals surface area contributed by atoms with E-state index >= 15 is 0 Å². The first-order valence-corrected chi connectivity index (χ1v) is 11.3. The second-order valence-electron chi connectivity index (χ2n) is 8.15. The molecule has 0 unspecified atom stereocenters. The standard InChI is InChI=1S/C27H26ClNO4/c1-32-22-13-11-19(12-14-22)18-33-27(31)26(23-9-5-6-10-25(23)28)29-15-21(17-30)24(16-29)20-7-3-2-4-8-20/h2-14,17,21,24,26H,15-16,18H2,1H3/t21-,24-,26-/m1/s1. The predicted molar refractivity (Wildman–Crippen MR) is 127 cm³/mol. The Morgan fingerprint density at radius 1 is 1.03 bits per heavy atom. The molecule has 170 valence electrons. The summed E-state index contributed by atoms with van der Waals surface area (Å²) in [6.45, 7) is 1.15. The van der Waals surface area contributed by atoms with Gasteiger partial charge in [-0.25, -0.2) is 4.79 Å². The molecule has 0 aromatic heterocycles. The topological polar surface area (TPSA) is 55.8 Å². The lowest BCUT2D eigenvalue weighted by Crippen LogP contribution is -2.34. The summed E-state index contributed by atoms with van der Waals surface area (Å²) < 4.78 is 10.9. The minimum atomic E-state index is -0.701. The highest BCUT2D eigenvalue weighted by Crippen LogP contribution is 2.38. The predicted octanol–water partition coefficient (Wildman–Crippen LogP) is 5.05. The molecule has 1 aliphatic heterocycles. The number of aldehydes is 1. The van der Waals surface area contributed by atoms with Gasteiger partial charge in [-0.1, -0.05) is 72.3 Å². The molecule has 3 aromatic rings. The molecule has 0 aliphatic carbocycles. The summed E-state index contributed by atoms with van der Waals surface area (Å²) in [5.74, 6) is 0.134. The van der Waals surface area contributed by atoms with Crippen molar-refractivity contribution in [2.24, 2.45) is 5.92 Å². The summed E-state index contributed by atoms with van der Waals surface area (Å²) in [5, 5.41) is 0.495. The Kier molecular flexibility index (Phi) is 7.43. The van der Waals surface area contributed by atoms with Crippen LogP contribution in [0.5, 0.6) is 5.75 Å². The van der Waals surface area contributed by atoms with E-state index in [9.17, 15) is 9.59 Å². The lowest BCUT2D eigenvalue weighted by Gasteiger charge is -2.27. The fourth-order valence-corrected chi connectivity index (χ4v) is 4.63. The van der Waals surface area contributed by atoms with Crippen molar-refractivity contribution in [3.05, 3.63) is 101 Å². The van der Waals surface area contributed by atoms with Crippen molar-refractivity contribution >= 4 is 23.9 Å². The van der Waals surface area contributed by atoms with E-state index in [1.54, 1.807) is 13.2 Å². The third kappa shape index (κ3) is 5.27.